The molecule has 2 aliphatic carbocycles. The number of aliphatic hydroxyl groups is 1. The predicted octanol–water partition coefficient (Wildman–Crippen LogP) is 7.35. The first-order chi connectivity index (χ1) is 22.8. The van der Waals surface area contributed by atoms with Gasteiger partial charge in [-0.15, -0.1) is 11.8 Å². The molecule has 3 atom stereocenters. The van der Waals surface area contributed by atoms with Gasteiger partial charge in [0.05, 0.1) is 25.5 Å². The SMILES string of the molecule is COc1cccc(OC)c1/C(=C/C(=N)C(=O)NC1(C(=O)OC(C)(C)C)C=CCC2CCC1C2)Nc1ccc(SCCCO)cc1C(C)C. The van der Waals surface area contributed by atoms with Crippen LogP contribution in [-0.4, -0.2) is 60.4 Å². The van der Waals surface area contributed by atoms with Crippen LogP contribution in [-0.2, 0) is 14.3 Å². The number of fused-ring (bicyclic) bond motifs is 2. The number of methoxy groups -OCH3 is 2. The van der Waals surface area contributed by atoms with E-state index in [1.165, 1.54) is 6.08 Å². The fourth-order valence-electron chi connectivity index (χ4n) is 6.45. The van der Waals surface area contributed by atoms with Gasteiger partial charge >= 0.3 is 5.97 Å². The lowest BCUT2D eigenvalue weighted by Gasteiger charge is -2.37. The number of benzene rings is 2. The van der Waals surface area contributed by atoms with Gasteiger partial charge in [0.2, 0.25) is 0 Å². The minimum atomic E-state index is -1.38. The van der Waals surface area contributed by atoms with Gasteiger partial charge in [0.15, 0.2) is 5.54 Å². The minimum absolute atomic E-state index is 0.133. The molecular weight excluding hydrogens is 627 g/mol. The zero-order chi connectivity index (χ0) is 35.1. The van der Waals surface area contributed by atoms with Crippen molar-refractivity contribution in [1.29, 1.82) is 5.41 Å². The zero-order valence-electron chi connectivity index (χ0n) is 29.3. The van der Waals surface area contributed by atoms with Gasteiger partial charge in [-0.25, -0.2) is 4.79 Å². The molecule has 1 amide bonds. The van der Waals surface area contributed by atoms with E-state index in [4.69, 9.17) is 19.6 Å². The Hall–Kier alpha value is -3.76. The quantitative estimate of drug-likeness (QED) is 0.0537. The standard InChI is InChI=1S/C38H51N3O6S/c1-24(2)28-22-27(48-20-10-19-42)16-17-30(28)40-31(34-32(45-6)12-8-13-33(34)46-7)23-29(39)35(43)41-38(36(44)47-37(3,4)5)18-9-11-25-14-15-26(38)21-25/h8-9,12-13,16-18,22-26,39-40,42H,10-11,14-15,19-21H2,1-7H3,(H,41,43)/b31-23-,39-29?. The Labute approximate surface area is 289 Å². The molecule has 2 bridgehead atoms. The molecule has 2 aromatic carbocycles. The molecule has 260 valence electrons. The first-order valence-corrected chi connectivity index (χ1v) is 17.7. The molecule has 0 spiro atoms. The van der Waals surface area contributed by atoms with Crippen LogP contribution in [0.3, 0.4) is 0 Å². The maximum absolute atomic E-state index is 14.0. The number of anilines is 1. The lowest BCUT2D eigenvalue weighted by molar-refractivity contribution is -0.164. The number of hydrogen-bond acceptors (Lipinski definition) is 9. The van der Waals surface area contributed by atoms with Crippen molar-refractivity contribution in [2.45, 2.75) is 88.7 Å². The number of aliphatic hydroxyl groups excluding tert-OH is 1. The number of ether oxygens (including phenoxy) is 3. The normalized spacial score (nSPS) is 20.6. The van der Waals surface area contributed by atoms with Crippen LogP contribution in [0.5, 0.6) is 11.5 Å². The second kappa shape index (κ2) is 16.1. The molecular formula is C38H51N3O6S. The lowest BCUT2D eigenvalue weighted by Crippen LogP contribution is -2.60. The average Bonchev–Trinajstić information content (AvgIpc) is 3.44. The molecule has 3 unspecified atom stereocenters. The molecule has 1 saturated carbocycles. The van der Waals surface area contributed by atoms with Crippen LogP contribution in [0.4, 0.5) is 5.69 Å². The van der Waals surface area contributed by atoms with Crippen LogP contribution < -0.4 is 20.1 Å². The molecule has 2 aliphatic rings. The Kier molecular flexibility index (Phi) is 12.4. The third kappa shape index (κ3) is 8.82. The van der Waals surface area contributed by atoms with E-state index in [0.717, 1.165) is 47.6 Å². The molecule has 48 heavy (non-hydrogen) atoms. The summed E-state index contributed by atoms with van der Waals surface area (Å²) < 4.78 is 17.4. The molecule has 4 N–H and O–H groups in total. The number of rotatable bonds is 14. The van der Waals surface area contributed by atoms with Crippen LogP contribution in [0, 0.1) is 17.2 Å². The van der Waals surface area contributed by atoms with E-state index in [2.05, 4.69) is 30.5 Å². The van der Waals surface area contributed by atoms with Crippen molar-refractivity contribution in [3.8, 4) is 11.5 Å². The molecule has 2 aromatic rings. The zero-order valence-corrected chi connectivity index (χ0v) is 30.1. The van der Waals surface area contributed by atoms with Crippen molar-refractivity contribution in [2.75, 3.05) is 31.9 Å². The van der Waals surface area contributed by atoms with Crippen LogP contribution in [0.1, 0.15) is 83.8 Å². The van der Waals surface area contributed by atoms with E-state index in [9.17, 15) is 14.7 Å². The number of amides is 1. The molecule has 0 saturated heterocycles. The first kappa shape index (κ1) is 37.1. The highest BCUT2D eigenvalue weighted by Gasteiger charge is 2.51. The van der Waals surface area contributed by atoms with Crippen molar-refractivity contribution in [3.05, 3.63) is 65.8 Å². The highest BCUT2D eigenvalue weighted by molar-refractivity contribution is 7.99. The van der Waals surface area contributed by atoms with Crippen LogP contribution in [0.15, 0.2) is 59.5 Å². The molecule has 9 nitrogen and oxygen atoms in total. The van der Waals surface area contributed by atoms with Gasteiger partial charge in [0.25, 0.3) is 5.91 Å². The third-order valence-electron chi connectivity index (χ3n) is 8.81. The van der Waals surface area contributed by atoms with Crippen molar-refractivity contribution in [3.63, 3.8) is 0 Å². The number of carbonyl (C=O) groups excluding carboxylic acids is 2. The number of allylic oxidation sites excluding steroid dienone is 1. The first-order valence-electron chi connectivity index (χ1n) is 16.7. The smallest absolute Gasteiger partial charge is 0.336 e. The largest absolute Gasteiger partial charge is 0.496 e. The number of carbonyl (C=O) groups is 2. The van der Waals surface area contributed by atoms with Gasteiger partial charge in [0.1, 0.15) is 22.8 Å². The molecule has 0 aliphatic heterocycles. The molecule has 0 heterocycles. The van der Waals surface area contributed by atoms with Crippen LogP contribution >= 0.6 is 11.8 Å². The minimum Gasteiger partial charge on any atom is -0.496 e. The van der Waals surface area contributed by atoms with Crippen molar-refractivity contribution in [2.24, 2.45) is 11.8 Å². The maximum atomic E-state index is 14.0. The highest BCUT2D eigenvalue weighted by atomic mass is 32.2. The van der Waals surface area contributed by atoms with Gasteiger partial charge in [-0.1, -0.05) is 32.1 Å². The molecule has 0 aromatic heterocycles. The molecule has 1 fully saturated rings. The Morgan fingerprint density at radius 3 is 2.46 bits per heavy atom. The summed E-state index contributed by atoms with van der Waals surface area (Å²) in [5.74, 6) is 1.07. The third-order valence-corrected chi connectivity index (χ3v) is 9.89. The van der Waals surface area contributed by atoms with Crippen molar-refractivity contribution < 1.29 is 28.9 Å². The summed E-state index contributed by atoms with van der Waals surface area (Å²) in [6.07, 6.45) is 9.33. The topological polar surface area (TPSA) is 130 Å². The van der Waals surface area contributed by atoms with Crippen LogP contribution in [0.2, 0.25) is 0 Å². The fraction of sp³-hybridized carbons (Fsp3) is 0.500. The number of esters is 1. The predicted molar refractivity (Wildman–Crippen MR) is 193 cm³/mol. The number of nitrogens with one attached hydrogen (secondary N) is 3. The van der Waals surface area contributed by atoms with E-state index in [1.54, 1.807) is 44.2 Å². The summed E-state index contributed by atoms with van der Waals surface area (Å²) in [7, 11) is 3.12. The van der Waals surface area contributed by atoms with E-state index in [1.807, 2.05) is 45.0 Å². The Bertz CT molecular complexity index is 1520. The summed E-state index contributed by atoms with van der Waals surface area (Å²) in [6.45, 7) is 9.80. The summed E-state index contributed by atoms with van der Waals surface area (Å²) in [4.78, 5) is 29.0. The summed E-state index contributed by atoms with van der Waals surface area (Å²) >= 11 is 1.68. The monoisotopic (exact) mass is 677 g/mol. The van der Waals surface area contributed by atoms with Gasteiger partial charge in [-0.2, -0.15) is 0 Å². The Morgan fingerprint density at radius 1 is 1.12 bits per heavy atom. The average molecular weight is 678 g/mol. The molecule has 10 heteroatoms. The highest BCUT2D eigenvalue weighted by Crippen LogP contribution is 2.44. The molecule has 0 radical (unpaired) electrons. The summed E-state index contributed by atoms with van der Waals surface area (Å²) in [5, 5.41) is 24.8. The summed E-state index contributed by atoms with van der Waals surface area (Å²) in [5.41, 5.74) is 0.351. The summed E-state index contributed by atoms with van der Waals surface area (Å²) in [6, 6.07) is 11.5. The van der Waals surface area contributed by atoms with Crippen molar-refractivity contribution >= 4 is 40.7 Å². The van der Waals surface area contributed by atoms with Gasteiger partial charge in [-0.05, 0) is 113 Å². The van der Waals surface area contributed by atoms with E-state index >= 15 is 0 Å². The van der Waals surface area contributed by atoms with E-state index in [-0.39, 0.29) is 24.2 Å². The number of hydrogen-bond donors (Lipinski definition) is 4. The van der Waals surface area contributed by atoms with Gasteiger partial charge in [-0.3, -0.25) is 10.2 Å². The fourth-order valence-corrected chi connectivity index (χ4v) is 7.34. The second-order valence-corrected chi connectivity index (χ2v) is 15.0. The maximum Gasteiger partial charge on any atom is 0.336 e. The van der Waals surface area contributed by atoms with Crippen molar-refractivity contribution in [1.82, 2.24) is 5.32 Å². The lowest BCUT2D eigenvalue weighted by atomic mass is 9.82. The Balaban J connectivity index is 1.76. The Morgan fingerprint density at radius 2 is 1.83 bits per heavy atom. The second-order valence-electron chi connectivity index (χ2n) is 13.8. The van der Waals surface area contributed by atoms with E-state index < -0.39 is 23.0 Å². The van der Waals surface area contributed by atoms with E-state index in [0.29, 0.717) is 35.1 Å². The molecule has 4 rings (SSSR count). The van der Waals surface area contributed by atoms with Crippen LogP contribution in [0.25, 0.3) is 5.70 Å². The number of thioether (sulfide) groups is 1. The van der Waals surface area contributed by atoms with Gasteiger partial charge in [0, 0.05) is 22.9 Å². The van der Waals surface area contributed by atoms with Gasteiger partial charge < -0.3 is 30.0 Å².